The molecule has 1 aliphatic heterocycles. The van der Waals surface area contributed by atoms with Crippen molar-refractivity contribution < 1.29 is 5.11 Å². The summed E-state index contributed by atoms with van der Waals surface area (Å²) in [6.07, 6.45) is 13.0. The average molecular weight is 493 g/mol. The molecule has 2 aromatic heterocycles. The minimum atomic E-state index is -0.169. The second-order valence-electron chi connectivity index (χ2n) is 11.8. The van der Waals surface area contributed by atoms with Crippen LogP contribution in [0, 0.1) is 11.3 Å². The zero-order valence-corrected chi connectivity index (χ0v) is 21.7. The van der Waals surface area contributed by atoms with E-state index in [1.54, 1.807) is 0 Å². The summed E-state index contributed by atoms with van der Waals surface area (Å²) in [5, 5.41) is 16.1. The summed E-state index contributed by atoms with van der Waals surface area (Å²) in [7, 11) is 2.18. The smallest absolute Gasteiger partial charge is 0.260 e. The van der Waals surface area contributed by atoms with Gasteiger partial charge < -0.3 is 20.2 Å². The van der Waals surface area contributed by atoms with Gasteiger partial charge in [0.1, 0.15) is 5.65 Å². The minimum Gasteiger partial charge on any atom is -0.393 e. The van der Waals surface area contributed by atoms with E-state index < -0.39 is 0 Å². The third kappa shape index (κ3) is 4.37. The molecular weight excluding hydrogens is 452 g/mol. The van der Waals surface area contributed by atoms with Crippen molar-refractivity contribution in [1.29, 1.82) is 0 Å². The number of nitrogens with zero attached hydrogens (tertiary/aromatic N) is 5. The Morgan fingerprint density at radius 3 is 2.64 bits per heavy atom. The van der Waals surface area contributed by atoms with Gasteiger partial charge in [-0.3, -0.25) is 9.36 Å². The summed E-state index contributed by atoms with van der Waals surface area (Å²) in [5.74, 6) is 0.954. The van der Waals surface area contributed by atoms with Crippen molar-refractivity contribution >= 4 is 29.1 Å². The van der Waals surface area contributed by atoms with Crippen LogP contribution in [0.25, 0.3) is 23.2 Å². The molecule has 8 nitrogen and oxygen atoms in total. The van der Waals surface area contributed by atoms with Crippen molar-refractivity contribution in [3.63, 3.8) is 0 Å². The first kappa shape index (κ1) is 24.1. The van der Waals surface area contributed by atoms with E-state index in [1.165, 1.54) is 0 Å². The van der Waals surface area contributed by atoms with E-state index >= 15 is 0 Å². The second kappa shape index (κ2) is 9.54. The number of nitrogens with one attached hydrogen (secondary N) is 1. The number of aromatic nitrogens is 3. The quantitative estimate of drug-likeness (QED) is 0.564. The van der Waals surface area contributed by atoms with Gasteiger partial charge in [0.25, 0.3) is 5.56 Å². The molecule has 0 amide bonds. The van der Waals surface area contributed by atoms with E-state index in [-0.39, 0.29) is 23.1 Å². The summed E-state index contributed by atoms with van der Waals surface area (Å²) in [5.41, 5.74) is 1.07. The molecule has 2 saturated carbocycles. The molecule has 2 N–H and O–H groups in total. The predicted molar refractivity (Wildman–Crippen MR) is 143 cm³/mol. The number of rotatable bonds is 7. The average Bonchev–Trinajstić information content (AvgIpc) is 2.83. The number of aliphatic hydroxyl groups excluding tert-OH is 1. The van der Waals surface area contributed by atoms with E-state index in [2.05, 4.69) is 46.2 Å². The molecule has 3 heterocycles. The Morgan fingerprint density at radius 1 is 1.14 bits per heavy atom. The van der Waals surface area contributed by atoms with E-state index in [9.17, 15) is 9.90 Å². The Balaban J connectivity index is 1.37. The topological polar surface area (TPSA) is 86.5 Å². The van der Waals surface area contributed by atoms with E-state index in [0.29, 0.717) is 11.9 Å². The molecule has 0 radical (unpaired) electrons. The van der Waals surface area contributed by atoms with Crippen LogP contribution in [-0.4, -0.2) is 81.9 Å². The highest BCUT2D eigenvalue weighted by atomic mass is 16.3. The van der Waals surface area contributed by atoms with Gasteiger partial charge in [-0.1, -0.05) is 25.5 Å². The zero-order valence-electron chi connectivity index (χ0n) is 21.7. The summed E-state index contributed by atoms with van der Waals surface area (Å²) < 4.78 is 1.97. The highest BCUT2D eigenvalue weighted by Gasteiger charge is 2.53. The third-order valence-corrected chi connectivity index (χ3v) is 9.00. The van der Waals surface area contributed by atoms with Gasteiger partial charge >= 0.3 is 0 Å². The summed E-state index contributed by atoms with van der Waals surface area (Å²) in [4.78, 5) is 28.5. The Morgan fingerprint density at radius 2 is 1.92 bits per heavy atom. The first-order chi connectivity index (χ1) is 17.4. The molecule has 6 rings (SSSR count). The number of hydrogen-bond donors (Lipinski definition) is 2. The van der Waals surface area contributed by atoms with Gasteiger partial charge in [-0.25, -0.2) is 4.98 Å². The zero-order chi connectivity index (χ0) is 24.9. The lowest BCUT2D eigenvalue weighted by atomic mass is 9.53. The summed E-state index contributed by atoms with van der Waals surface area (Å²) >= 11 is 0. The Labute approximate surface area is 212 Å². The monoisotopic (exact) mass is 492 g/mol. The number of likely N-dealkylation sites (N-methyl/N-ethyl adjacent to an activating group) is 1. The lowest BCUT2D eigenvalue weighted by Gasteiger charge is -2.56. The van der Waals surface area contributed by atoms with E-state index in [0.717, 1.165) is 106 Å². The van der Waals surface area contributed by atoms with Crippen molar-refractivity contribution in [3.8, 4) is 0 Å². The molecule has 3 aliphatic carbocycles. The summed E-state index contributed by atoms with van der Waals surface area (Å²) in [6, 6.07) is 0.141. The van der Waals surface area contributed by atoms with Gasteiger partial charge in [0.05, 0.1) is 6.10 Å². The van der Waals surface area contributed by atoms with Gasteiger partial charge in [0, 0.05) is 62.1 Å². The maximum absolute atomic E-state index is 14.1. The van der Waals surface area contributed by atoms with Crippen LogP contribution in [-0.2, 0) is 0 Å². The van der Waals surface area contributed by atoms with Crippen molar-refractivity contribution in [1.82, 2.24) is 24.3 Å². The first-order valence-electron chi connectivity index (χ1n) is 13.9. The molecule has 3 fully saturated rings. The summed E-state index contributed by atoms with van der Waals surface area (Å²) in [6.45, 7) is 8.39. The van der Waals surface area contributed by atoms with Crippen LogP contribution in [0.4, 0.5) is 5.95 Å². The predicted octanol–water partition coefficient (Wildman–Crippen LogP) is 1.31. The number of hydrogen-bond acceptors (Lipinski definition) is 7. The fourth-order valence-electron chi connectivity index (χ4n) is 6.87. The normalized spacial score (nSPS) is 30.2. The van der Waals surface area contributed by atoms with Crippen molar-refractivity contribution in [3.05, 3.63) is 27.0 Å². The van der Waals surface area contributed by atoms with Crippen molar-refractivity contribution in [2.45, 2.75) is 64.0 Å². The highest BCUT2D eigenvalue weighted by Crippen LogP contribution is 2.60. The molecule has 194 valence electrons. The molecule has 1 atom stereocenters. The Kier molecular flexibility index (Phi) is 6.38. The number of aliphatic hydroxyl groups is 1. The molecule has 1 spiro atoms. The second-order valence-corrected chi connectivity index (χ2v) is 11.8. The molecule has 0 aromatic carbocycles. The molecule has 36 heavy (non-hydrogen) atoms. The standard InChI is InChI=1S/C28H40N6O2/c1-3-4-7-29-27-30-17-24-22-6-5-19(18-33-10-8-32(2)9-11-33)12-23(22)26(36)34(25(24)31-27)20-13-28(14-20)15-21(35)16-28/h6,12,17,19-21,35H,3-5,7-11,13-16,18H2,1-2H3,(H,29,30,31). The lowest BCUT2D eigenvalue weighted by molar-refractivity contribution is -0.106. The van der Waals surface area contributed by atoms with Crippen molar-refractivity contribution in [2.75, 3.05) is 51.6 Å². The van der Waals surface area contributed by atoms with E-state index in [4.69, 9.17) is 4.98 Å². The van der Waals surface area contributed by atoms with Crippen LogP contribution in [0.1, 0.15) is 57.9 Å². The van der Waals surface area contributed by atoms with Crippen LogP contribution >= 0.6 is 0 Å². The maximum Gasteiger partial charge on any atom is 0.260 e. The highest BCUT2D eigenvalue weighted by molar-refractivity contribution is 5.78. The molecule has 2 aromatic rings. The largest absolute Gasteiger partial charge is 0.393 e. The van der Waals surface area contributed by atoms with Gasteiger partial charge in [-0.2, -0.15) is 4.98 Å². The van der Waals surface area contributed by atoms with Gasteiger partial charge in [-0.15, -0.1) is 0 Å². The van der Waals surface area contributed by atoms with Crippen LogP contribution in [0.3, 0.4) is 0 Å². The minimum absolute atomic E-state index is 0.0924. The molecule has 8 heteroatoms. The van der Waals surface area contributed by atoms with Crippen LogP contribution in [0.15, 0.2) is 11.0 Å². The first-order valence-corrected chi connectivity index (χ1v) is 13.9. The van der Waals surface area contributed by atoms with Crippen LogP contribution in [0.2, 0.25) is 0 Å². The Hall–Kier alpha value is -2.29. The molecule has 4 aliphatic rings. The molecule has 1 saturated heterocycles. The van der Waals surface area contributed by atoms with Gasteiger partial charge in [-0.05, 0) is 62.1 Å². The van der Waals surface area contributed by atoms with Crippen LogP contribution in [0.5, 0.6) is 0 Å². The molecule has 1 unspecified atom stereocenters. The molecular formula is C28H40N6O2. The fourth-order valence-corrected chi connectivity index (χ4v) is 6.87. The van der Waals surface area contributed by atoms with E-state index in [1.807, 2.05) is 10.8 Å². The third-order valence-electron chi connectivity index (χ3n) is 9.00. The number of anilines is 1. The van der Waals surface area contributed by atoms with Gasteiger partial charge in [0.15, 0.2) is 0 Å². The number of pyridine rings is 1. The maximum atomic E-state index is 14.1. The van der Waals surface area contributed by atoms with Crippen LogP contribution < -0.4 is 21.3 Å². The number of unbranched alkanes of at least 4 members (excludes halogenated alkanes) is 1. The number of fused-ring (bicyclic) bond motifs is 3. The lowest BCUT2D eigenvalue weighted by Crippen LogP contribution is -2.55. The van der Waals surface area contributed by atoms with Crippen molar-refractivity contribution in [2.24, 2.45) is 11.3 Å². The fraction of sp³-hybridized carbons (Fsp3) is 0.679. The Bertz CT molecular complexity index is 1300. The number of piperazine rings is 1. The van der Waals surface area contributed by atoms with Gasteiger partial charge in [0.2, 0.25) is 5.95 Å². The molecule has 0 bridgehead atoms. The SMILES string of the molecule is CCCCNc1ncc2c3c(c(=O)n(C4CC5(CC(O)C5)C4)c2n1)=CC(CN1CCN(C)CC1)CC=3.